The van der Waals surface area contributed by atoms with Crippen molar-refractivity contribution in [1.82, 2.24) is 20.1 Å². The molecule has 6 N–H and O–H groups in total. The van der Waals surface area contributed by atoms with Crippen molar-refractivity contribution in [3.8, 4) is 45.2 Å². The Kier molecular flexibility index (Phi) is 14.4. The van der Waals surface area contributed by atoms with Crippen LogP contribution in [-0.4, -0.2) is 65.8 Å². The Hall–Kier alpha value is -9.00. The number of aromatic nitrogens is 2. The van der Waals surface area contributed by atoms with Gasteiger partial charge in [0.1, 0.15) is 11.4 Å². The molecule has 0 unspecified atom stereocenters. The van der Waals surface area contributed by atoms with Crippen molar-refractivity contribution in [3.63, 3.8) is 0 Å². The molecule has 0 radical (unpaired) electrons. The van der Waals surface area contributed by atoms with E-state index in [9.17, 15) is 29.8 Å². The van der Waals surface area contributed by atoms with Crippen LogP contribution in [0.1, 0.15) is 84.9 Å². The molecule has 6 heterocycles. The smallest absolute Gasteiger partial charge is 0.269 e. The number of nitro benzene ring substituents is 2. The first-order chi connectivity index (χ1) is 35.2. The fraction of sp³-hybridized carbons (Fsp3) is 0.214. The number of rotatable bonds is 10. The fourth-order valence-electron chi connectivity index (χ4n) is 10.7. The summed E-state index contributed by atoms with van der Waals surface area (Å²) in [6.07, 6.45) is 4.07. The lowest BCUT2D eigenvalue weighted by Crippen LogP contribution is -2.35. The number of carbonyl (C=O) groups is 2. The molecule has 18 nitrogen and oxygen atoms in total. The number of hydrogen-bond donors (Lipinski definition) is 2. The third-order valence-electron chi connectivity index (χ3n) is 14.1. The largest absolute Gasteiger partial charge is 0.412 e. The lowest BCUT2D eigenvalue weighted by Gasteiger charge is -2.39. The van der Waals surface area contributed by atoms with E-state index in [1.807, 2.05) is 119 Å². The van der Waals surface area contributed by atoms with E-state index in [1.165, 1.54) is 24.3 Å². The van der Waals surface area contributed by atoms with Gasteiger partial charge < -0.3 is 40.4 Å². The molecule has 4 atom stereocenters. The van der Waals surface area contributed by atoms with Crippen LogP contribution in [-0.2, 0) is 9.59 Å². The lowest BCUT2D eigenvalue weighted by molar-refractivity contribution is -0.385. The number of anilines is 2. The van der Waals surface area contributed by atoms with E-state index in [-0.39, 0.29) is 58.3 Å². The maximum Gasteiger partial charge on any atom is 0.269 e. The van der Waals surface area contributed by atoms with Crippen LogP contribution >= 0.6 is 0 Å². The van der Waals surface area contributed by atoms with Gasteiger partial charge in [-0.2, -0.15) is 0 Å². The van der Waals surface area contributed by atoms with Gasteiger partial charge in [-0.05, 0) is 48.9 Å². The molecule has 4 aliphatic rings. The molecule has 6 aromatic carbocycles. The van der Waals surface area contributed by atoms with E-state index in [2.05, 4.69) is 20.9 Å². The number of likely N-dealkylation sites (tertiary alicyclic amines) is 2. The maximum absolute atomic E-state index is 12.9. The third kappa shape index (κ3) is 9.82. The van der Waals surface area contributed by atoms with E-state index < -0.39 is 9.85 Å². The van der Waals surface area contributed by atoms with Crippen LogP contribution in [0.3, 0.4) is 0 Å². The Balaban J connectivity index is 0.000000177. The van der Waals surface area contributed by atoms with Crippen LogP contribution in [0.5, 0.6) is 0 Å². The van der Waals surface area contributed by atoms with Gasteiger partial charge in [0, 0.05) is 107 Å². The van der Waals surface area contributed by atoms with Crippen molar-refractivity contribution in [1.29, 1.82) is 0 Å². The summed E-state index contributed by atoms with van der Waals surface area (Å²) >= 11 is 0. The Labute approximate surface area is 424 Å². The van der Waals surface area contributed by atoms with Crippen molar-refractivity contribution in [2.45, 2.75) is 62.7 Å². The molecule has 18 heteroatoms. The van der Waals surface area contributed by atoms with Crippen molar-refractivity contribution in [3.05, 3.63) is 200 Å². The molecule has 0 spiro atoms. The van der Waals surface area contributed by atoms with Crippen LogP contribution < -0.4 is 10.6 Å². The molecule has 2 amide bonds. The van der Waals surface area contributed by atoms with Gasteiger partial charge in [0.25, 0.3) is 11.4 Å². The average Bonchev–Trinajstić information content (AvgIpc) is 4.28. The first-order valence-electron chi connectivity index (χ1n) is 24.1. The molecule has 0 bridgehead atoms. The number of non-ortho nitro benzene ring substituents is 2. The predicted octanol–water partition coefficient (Wildman–Crippen LogP) is 10.6. The Morgan fingerprint density at radius 3 is 1.26 bits per heavy atom. The number of nitrogens with zero attached hydrogens (tertiary/aromatic N) is 6. The zero-order valence-corrected chi connectivity index (χ0v) is 39.9. The van der Waals surface area contributed by atoms with Gasteiger partial charge in [-0.1, -0.05) is 120 Å². The number of hydrogen-bond acceptors (Lipinski definition) is 12. The van der Waals surface area contributed by atoms with E-state index in [4.69, 9.17) is 9.05 Å². The first kappa shape index (κ1) is 50.0. The Morgan fingerprint density at radius 2 is 0.905 bits per heavy atom. The third-order valence-corrected chi connectivity index (χ3v) is 14.1. The quantitative estimate of drug-likeness (QED) is 0.0957. The molecule has 0 aliphatic carbocycles. The van der Waals surface area contributed by atoms with E-state index >= 15 is 0 Å². The minimum atomic E-state index is -0.396. The number of fused-ring (bicyclic) bond motifs is 2. The van der Waals surface area contributed by atoms with Gasteiger partial charge in [0.05, 0.1) is 34.0 Å². The van der Waals surface area contributed by atoms with Crippen molar-refractivity contribution < 1.29 is 39.4 Å². The second kappa shape index (κ2) is 21.4. The maximum atomic E-state index is 12.9. The van der Waals surface area contributed by atoms with Crippen LogP contribution in [0.2, 0.25) is 0 Å². The fourth-order valence-corrected chi connectivity index (χ4v) is 10.7. The molecule has 376 valence electrons. The minimum absolute atomic E-state index is 0. The van der Waals surface area contributed by atoms with Crippen LogP contribution in [0, 0.1) is 20.2 Å². The average molecular weight is 997 g/mol. The summed E-state index contributed by atoms with van der Waals surface area (Å²) in [6, 6.07) is 48.3. The van der Waals surface area contributed by atoms with Crippen molar-refractivity contribution in [2.75, 3.05) is 23.7 Å². The molecule has 0 saturated carbocycles. The molecule has 2 aromatic heterocycles. The van der Waals surface area contributed by atoms with Crippen LogP contribution in [0.15, 0.2) is 167 Å². The molecule has 8 aromatic rings. The zero-order chi connectivity index (χ0) is 49.3. The van der Waals surface area contributed by atoms with Crippen LogP contribution in [0.25, 0.3) is 45.2 Å². The molecule has 12 rings (SSSR count). The highest BCUT2D eigenvalue weighted by Crippen LogP contribution is 2.49. The van der Waals surface area contributed by atoms with Crippen molar-refractivity contribution in [2.24, 2.45) is 0 Å². The highest BCUT2D eigenvalue weighted by molar-refractivity contribution is 5.83. The number of nitro groups is 2. The number of nitrogens with one attached hydrogen (secondary N) is 2. The minimum Gasteiger partial charge on any atom is -0.412 e. The Morgan fingerprint density at radius 1 is 0.514 bits per heavy atom. The standard InChI is InChI=1S/2C28H24N4O4.2H2O/c2*33-27-10-5-15-31(27)25-16-23(18-11-13-20(14-12-18)32(34)35)29-22-9-4-8-21(28(22)25)24-17-26(36-30-24)19-6-2-1-3-7-19;;/h2*1-4,6-9,11-14,17,23,25,29H,5,10,15-16H2;2*1H2/t2*23-,25-;;/m11../s1. The highest BCUT2D eigenvalue weighted by Gasteiger charge is 2.40. The molecule has 4 aliphatic heterocycles. The summed E-state index contributed by atoms with van der Waals surface area (Å²) in [5, 5.41) is 38.2. The van der Waals surface area contributed by atoms with Crippen molar-refractivity contribution >= 4 is 34.6 Å². The molecule has 2 saturated heterocycles. The second-order valence-corrected chi connectivity index (χ2v) is 18.4. The van der Waals surface area contributed by atoms with Gasteiger partial charge in [0.15, 0.2) is 11.5 Å². The highest BCUT2D eigenvalue weighted by atomic mass is 16.6. The monoisotopic (exact) mass is 996 g/mol. The molecular weight excluding hydrogens is 945 g/mol. The van der Waals surface area contributed by atoms with Gasteiger partial charge >= 0.3 is 0 Å². The summed E-state index contributed by atoms with van der Waals surface area (Å²) in [6.45, 7) is 1.41. The van der Waals surface area contributed by atoms with Gasteiger partial charge in [0.2, 0.25) is 11.8 Å². The van der Waals surface area contributed by atoms with Gasteiger partial charge in [-0.3, -0.25) is 29.8 Å². The number of amides is 2. The normalized spacial score (nSPS) is 18.6. The number of carbonyl (C=O) groups excluding carboxylic acids is 2. The van der Waals surface area contributed by atoms with Gasteiger partial charge in [-0.15, -0.1) is 0 Å². The first-order valence-corrected chi connectivity index (χ1v) is 24.1. The Bertz CT molecular complexity index is 3090. The SMILES string of the molecule is O.O.O=C1CCCN1[C@@H]1C[C@H](c2ccc([N+](=O)[O-])cc2)Nc2cccc(-c3cc(-c4ccccc4)on3)c21.O=C1CCCN1[C@@H]1C[C@H](c2ccc([N+](=O)[O-])cc2)Nc2cccc(-c3cc(-c4ccccc4)on3)c21. The van der Waals surface area contributed by atoms with E-state index in [0.717, 1.165) is 80.1 Å². The zero-order valence-electron chi connectivity index (χ0n) is 39.9. The lowest BCUT2D eigenvalue weighted by atomic mass is 9.85. The molecule has 74 heavy (non-hydrogen) atoms. The van der Waals surface area contributed by atoms with E-state index in [0.29, 0.717) is 50.3 Å². The topological polar surface area (TPSA) is 266 Å². The summed E-state index contributed by atoms with van der Waals surface area (Å²) < 4.78 is 11.4. The summed E-state index contributed by atoms with van der Waals surface area (Å²) in [7, 11) is 0. The predicted molar refractivity (Wildman–Crippen MR) is 278 cm³/mol. The van der Waals surface area contributed by atoms with Crippen LogP contribution in [0.4, 0.5) is 22.7 Å². The molecule has 2 fully saturated rings. The summed E-state index contributed by atoms with van der Waals surface area (Å²) in [5.41, 5.74) is 11.1. The second-order valence-electron chi connectivity index (χ2n) is 18.4. The van der Waals surface area contributed by atoms with E-state index in [1.54, 1.807) is 24.3 Å². The summed E-state index contributed by atoms with van der Waals surface area (Å²) in [5.74, 6) is 1.67. The van der Waals surface area contributed by atoms with Gasteiger partial charge in [-0.25, -0.2) is 0 Å². The summed E-state index contributed by atoms with van der Waals surface area (Å²) in [4.78, 5) is 51.1. The number of benzene rings is 6. The molecular formula is C56H52N8O10.